The summed E-state index contributed by atoms with van der Waals surface area (Å²) in [6, 6.07) is 21.0. The second-order valence-corrected chi connectivity index (χ2v) is 5.69. The van der Waals surface area contributed by atoms with E-state index in [2.05, 4.69) is 55.1 Å². The third-order valence-corrected chi connectivity index (χ3v) is 4.10. The van der Waals surface area contributed by atoms with E-state index in [1.165, 1.54) is 18.2 Å². The summed E-state index contributed by atoms with van der Waals surface area (Å²) < 4.78 is 4.90. The number of aliphatic hydroxyl groups excluding tert-OH is 1. The lowest BCUT2D eigenvalue weighted by Gasteiger charge is -2.33. The molecule has 0 saturated heterocycles. The molecule has 2 atom stereocenters. The fraction of sp³-hybridized carbons (Fsp3) is 0.300. The Bertz CT molecular complexity index is 610. The molecule has 0 radical (unpaired) electrons. The number of benzene rings is 2. The molecule has 0 heterocycles. The molecular weight excluding hydrogens is 286 g/mol. The summed E-state index contributed by atoms with van der Waals surface area (Å²) in [5.74, 6) is -0.0455. The lowest BCUT2D eigenvalue weighted by Crippen LogP contribution is -2.34. The first-order valence-corrected chi connectivity index (χ1v) is 7.91. The van der Waals surface area contributed by atoms with Crippen molar-refractivity contribution >= 4 is 0 Å². The first kappa shape index (κ1) is 17.1. The van der Waals surface area contributed by atoms with Gasteiger partial charge in [0.15, 0.2) is 0 Å². The molecule has 0 aliphatic carbocycles. The van der Waals surface area contributed by atoms with Crippen LogP contribution in [0.1, 0.15) is 31.0 Å². The van der Waals surface area contributed by atoms with Gasteiger partial charge in [0.2, 0.25) is 0 Å². The van der Waals surface area contributed by atoms with Crippen LogP contribution in [0.4, 0.5) is 0 Å². The molecule has 0 saturated carbocycles. The van der Waals surface area contributed by atoms with E-state index in [9.17, 15) is 5.11 Å². The van der Waals surface area contributed by atoms with Crippen LogP contribution in [0.15, 0.2) is 72.7 Å². The maximum absolute atomic E-state index is 9.71. The summed E-state index contributed by atoms with van der Waals surface area (Å²) in [4.78, 5) is 2.33. The van der Waals surface area contributed by atoms with Crippen molar-refractivity contribution in [3.05, 3.63) is 83.8 Å². The molecule has 2 aromatic carbocycles. The summed E-state index contributed by atoms with van der Waals surface area (Å²) in [5.41, 5.74) is 2.49. The molecule has 0 aliphatic heterocycles. The first-order chi connectivity index (χ1) is 11.1. The van der Waals surface area contributed by atoms with E-state index < -0.39 is 0 Å². The zero-order chi connectivity index (χ0) is 16.7. The van der Waals surface area contributed by atoms with Gasteiger partial charge < -0.3 is 9.84 Å². The van der Waals surface area contributed by atoms with E-state index in [0.29, 0.717) is 0 Å². The molecule has 0 fully saturated rings. The predicted octanol–water partition coefficient (Wildman–Crippen LogP) is 4.68. The van der Waals surface area contributed by atoms with Crippen LogP contribution in [-0.2, 0) is 11.3 Å². The van der Waals surface area contributed by atoms with Gasteiger partial charge in [-0.3, -0.25) is 4.90 Å². The molecule has 2 aromatic rings. The molecular formula is C20H25NO2. The molecule has 122 valence electrons. The van der Waals surface area contributed by atoms with Gasteiger partial charge in [0, 0.05) is 24.7 Å². The normalized spacial score (nSPS) is 14.5. The van der Waals surface area contributed by atoms with Crippen LogP contribution in [-0.4, -0.2) is 23.2 Å². The van der Waals surface area contributed by atoms with Crippen molar-refractivity contribution in [1.82, 2.24) is 4.90 Å². The summed E-state index contributed by atoms with van der Waals surface area (Å²) in [5, 5.41) is 9.71. The molecule has 2 rings (SSSR count). The van der Waals surface area contributed by atoms with Gasteiger partial charge in [-0.25, -0.2) is 0 Å². The van der Waals surface area contributed by atoms with Crippen LogP contribution in [0.25, 0.3) is 0 Å². The van der Waals surface area contributed by atoms with E-state index in [1.807, 2.05) is 24.3 Å². The third kappa shape index (κ3) is 4.86. The molecule has 0 aromatic heterocycles. The van der Waals surface area contributed by atoms with Crippen molar-refractivity contribution in [2.24, 2.45) is 0 Å². The van der Waals surface area contributed by atoms with Crippen LogP contribution < -0.4 is 0 Å². The van der Waals surface area contributed by atoms with Crippen molar-refractivity contribution in [3.63, 3.8) is 0 Å². The van der Waals surface area contributed by atoms with Gasteiger partial charge in [-0.15, -0.1) is 0 Å². The molecule has 0 aliphatic rings. The Morgan fingerprint density at radius 3 is 2.17 bits per heavy atom. The second-order valence-electron chi connectivity index (χ2n) is 5.69. The summed E-state index contributed by atoms with van der Waals surface area (Å²) in [6.45, 7) is 5.05. The van der Waals surface area contributed by atoms with Crippen molar-refractivity contribution in [1.29, 1.82) is 0 Å². The Balaban J connectivity index is 2.27. The lowest BCUT2D eigenvalue weighted by molar-refractivity contribution is 0.119. The largest absolute Gasteiger partial charge is 0.481 e. The SMILES string of the molecule is CO/C(O)=C/[C@@H](C)N(Cc1ccccc1)[C@H](C)c1ccccc1. The zero-order valence-corrected chi connectivity index (χ0v) is 14.0. The fourth-order valence-corrected chi connectivity index (χ4v) is 2.72. The summed E-state index contributed by atoms with van der Waals surface area (Å²) in [7, 11) is 1.47. The van der Waals surface area contributed by atoms with Gasteiger partial charge in [0.1, 0.15) is 0 Å². The molecule has 0 unspecified atom stereocenters. The van der Waals surface area contributed by atoms with Gasteiger partial charge in [-0.1, -0.05) is 60.7 Å². The Hall–Kier alpha value is -2.26. The number of methoxy groups -OCH3 is 1. The highest BCUT2D eigenvalue weighted by Crippen LogP contribution is 2.25. The minimum absolute atomic E-state index is 0.0327. The number of hydrogen-bond donors (Lipinski definition) is 1. The minimum atomic E-state index is -0.0455. The van der Waals surface area contributed by atoms with E-state index in [0.717, 1.165) is 6.54 Å². The van der Waals surface area contributed by atoms with Gasteiger partial charge in [0.05, 0.1) is 7.11 Å². The van der Waals surface area contributed by atoms with Crippen LogP contribution in [0.3, 0.4) is 0 Å². The van der Waals surface area contributed by atoms with E-state index in [4.69, 9.17) is 4.74 Å². The number of aliphatic hydroxyl groups is 1. The van der Waals surface area contributed by atoms with Crippen LogP contribution >= 0.6 is 0 Å². The highest BCUT2D eigenvalue weighted by molar-refractivity contribution is 5.21. The molecule has 3 nitrogen and oxygen atoms in total. The van der Waals surface area contributed by atoms with Crippen LogP contribution in [0.5, 0.6) is 0 Å². The van der Waals surface area contributed by atoms with Crippen molar-refractivity contribution in [3.8, 4) is 0 Å². The van der Waals surface area contributed by atoms with Gasteiger partial charge in [-0.2, -0.15) is 0 Å². The maximum atomic E-state index is 9.71. The Labute approximate surface area is 138 Å². The molecule has 23 heavy (non-hydrogen) atoms. The Morgan fingerprint density at radius 2 is 1.61 bits per heavy atom. The first-order valence-electron chi connectivity index (χ1n) is 7.91. The van der Waals surface area contributed by atoms with Gasteiger partial charge >= 0.3 is 0 Å². The fourth-order valence-electron chi connectivity index (χ4n) is 2.72. The van der Waals surface area contributed by atoms with Crippen LogP contribution in [0, 0.1) is 0 Å². The summed E-state index contributed by atoms with van der Waals surface area (Å²) >= 11 is 0. The summed E-state index contributed by atoms with van der Waals surface area (Å²) in [6.07, 6.45) is 1.74. The molecule has 1 N–H and O–H groups in total. The predicted molar refractivity (Wildman–Crippen MR) is 94.0 cm³/mol. The lowest BCUT2D eigenvalue weighted by atomic mass is 10.0. The van der Waals surface area contributed by atoms with Gasteiger partial charge in [0.25, 0.3) is 5.95 Å². The number of ether oxygens (including phenoxy) is 1. The average molecular weight is 311 g/mol. The maximum Gasteiger partial charge on any atom is 0.273 e. The number of rotatable bonds is 7. The molecule has 0 amide bonds. The van der Waals surface area contributed by atoms with Crippen molar-refractivity contribution in [2.45, 2.75) is 32.5 Å². The van der Waals surface area contributed by atoms with Gasteiger partial charge in [-0.05, 0) is 25.0 Å². The monoisotopic (exact) mass is 311 g/mol. The highest BCUT2D eigenvalue weighted by Gasteiger charge is 2.21. The second kappa shape index (κ2) is 8.39. The van der Waals surface area contributed by atoms with E-state index >= 15 is 0 Å². The van der Waals surface area contributed by atoms with Crippen molar-refractivity contribution in [2.75, 3.05) is 7.11 Å². The minimum Gasteiger partial charge on any atom is -0.481 e. The van der Waals surface area contributed by atoms with E-state index in [-0.39, 0.29) is 18.0 Å². The number of nitrogens with zero attached hydrogens (tertiary/aromatic N) is 1. The average Bonchev–Trinajstić information content (AvgIpc) is 2.60. The smallest absolute Gasteiger partial charge is 0.273 e. The van der Waals surface area contributed by atoms with Crippen molar-refractivity contribution < 1.29 is 9.84 Å². The topological polar surface area (TPSA) is 32.7 Å². The highest BCUT2D eigenvalue weighted by atomic mass is 16.6. The molecule has 0 spiro atoms. The van der Waals surface area contributed by atoms with E-state index in [1.54, 1.807) is 6.08 Å². The Morgan fingerprint density at radius 1 is 1.04 bits per heavy atom. The molecule has 0 bridgehead atoms. The third-order valence-electron chi connectivity index (χ3n) is 4.10. The zero-order valence-electron chi connectivity index (χ0n) is 14.0. The quantitative estimate of drug-likeness (QED) is 0.753. The number of hydrogen-bond acceptors (Lipinski definition) is 3. The molecule has 3 heteroatoms. The Kier molecular flexibility index (Phi) is 6.24. The van der Waals surface area contributed by atoms with Crippen LogP contribution in [0.2, 0.25) is 0 Å². The standard InChI is InChI=1S/C20H25NO2/c1-16(14-20(22)23-3)21(15-18-10-6-4-7-11-18)17(2)19-12-8-5-9-13-19/h4-14,16-17,22H,15H2,1-3H3/b20-14+/t16-,17-/m1/s1.